The Bertz CT molecular complexity index is 713. The molecule has 1 aromatic heterocycles. The predicted octanol–water partition coefficient (Wildman–Crippen LogP) is 1.06. The quantitative estimate of drug-likeness (QED) is 0.917. The zero-order valence-corrected chi connectivity index (χ0v) is 12.7. The van der Waals surface area contributed by atoms with Crippen LogP contribution in [-0.2, 0) is 10.0 Å². The number of nitrogens with one attached hydrogen (secondary N) is 1. The van der Waals surface area contributed by atoms with Crippen molar-refractivity contribution in [1.82, 2.24) is 18.4 Å². The number of likely N-dealkylation sites (N-methyl/N-ethyl adjacent to an activating group) is 1. The highest BCUT2D eigenvalue weighted by atomic mass is 32.2. The highest BCUT2D eigenvalue weighted by Gasteiger charge is 2.31. The molecule has 8 heteroatoms. The molecule has 0 spiro atoms. The number of piperidine rings is 1. The SMILES string of the molecule is CNC1CCCN(S(=O)(=O)c2cccc3nsnc23)C1. The molecule has 2 aromatic rings. The Labute approximate surface area is 122 Å². The maximum atomic E-state index is 12.8. The van der Waals surface area contributed by atoms with E-state index in [1.54, 1.807) is 22.5 Å². The van der Waals surface area contributed by atoms with Gasteiger partial charge in [0.25, 0.3) is 0 Å². The molecule has 0 bridgehead atoms. The van der Waals surface area contributed by atoms with Crippen LogP contribution in [0.15, 0.2) is 23.1 Å². The van der Waals surface area contributed by atoms with Gasteiger partial charge in [-0.25, -0.2) is 8.42 Å². The van der Waals surface area contributed by atoms with E-state index in [0.29, 0.717) is 24.1 Å². The van der Waals surface area contributed by atoms with Crippen LogP contribution in [0.3, 0.4) is 0 Å². The van der Waals surface area contributed by atoms with Crippen molar-refractivity contribution >= 4 is 32.8 Å². The molecule has 2 heterocycles. The topological polar surface area (TPSA) is 75.2 Å². The zero-order chi connectivity index (χ0) is 14.2. The zero-order valence-electron chi connectivity index (χ0n) is 11.1. The van der Waals surface area contributed by atoms with Crippen molar-refractivity contribution in [3.05, 3.63) is 18.2 Å². The summed E-state index contributed by atoms with van der Waals surface area (Å²) in [6.45, 7) is 1.07. The van der Waals surface area contributed by atoms with Gasteiger partial charge in [0.1, 0.15) is 15.9 Å². The smallest absolute Gasteiger partial charge is 0.245 e. The first-order valence-electron chi connectivity index (χ1n) is 6.51. The van der Waals surface area contributed by atoms with Gasteiger partial charge < -0.3 is 5.32 Å². The number of hydrogen-bond donors (Lipinski definition) is 1. The minimum atomic E-state index is -3.50. The van der Waals surface area contributed by atoms with E-state index in [2.05, 4.69) is 14.1 Å². The second-order valence-electron chi connectivity index (χ2n) is 4.88. The standard InChI is InChI=1S/C12H16N4O2S2/c1-13-9-4-3-7-16(8-9)20(17,18)11-6-2-5-10-12(11)15-19-14-10/h2,5-6,9,13H,3-4,7-8H2,1H3. The van der Waals surface area contributed by atoms with Gasteiger partial charge in [0.05, 0.1) is 11.7 Å². The lowest BCUT2D eigenvalue weighted by Gasteiger charge is -2.31. The Kier molecular flexibility index (Phi) is 3.72. The third kappa shape index (κ3) is 2.32. The molecule has 1 saturated heterocycles. The summed E-state index contributed by atoms with van der Waals surface area (Å²) in [5.41, 5.74) is 1.11. The van der Waals surface area contributed by atoms with E-state index >= 15 is 0 Å². The molecule has 6 nitrogen and oxygen atoms in total. The van der Waals surface area contributed by atoms with Crippen molar-refractivity contribution < 1.29 is 8.42 Å². The van der Waals surface area contributed by atoms with Crippen LogP contribution in [-0.4, -0.2) is 47.6 Å². The van der Waals surface area contributed by atoms with E-state index in [-0.39, 0.29) is 10.9 Å². The first-order chi connectivity index (χ1) is 9.63. The predicted molar refractivity (Wildman–Crippen MR) is 78.3 cm³/mol. The Balaban J connectivity index is 2.01. The molecule has 1 aliphatic rings. The summed E-state index contributed by atoms with van der Waals surface area (Å²) in [4.78, 5) is 0.264. The molecule has 3 rings (SSSR count). The largest absolute Gasteiger partial charge is 0.316 e. The third-order valence-corrected chi connectivity index (χ3v) is 6.10. The van der Waals surface area contributed by atoms with Crippen molar-refractivity contribution in [3.63, 3.8) is 0 Å². The normalized spacial score (nSPS) is 21.4. The number of rotatable bonds is 3. The molecule has 0 radical (unpaired) electrons. The Morgan fingerprint density at radius 2 is 2.25 bits per heavy atom. The molecule has 0 aliphatic carbocycles. The highest BCUT2D eigenvalue weighted by molar-refractivity contribution is 7.89. The van der Waals surface area contributed by atoms with Gasteiger partial charge in [0.2, 0.25) is 10.0 Å². The first kappa shape index (κ1) is 13.9. The molecule has 1 unspecified atom stereocenters. The molecule has 1 N–H and O–H groups in total. The first-order valence-corrected chi connectivity index (χ1v) is 8.68. The fourth-order valence-corrected chi connectivity index (χ4v) is 4.80. The number of hydrogen-bond acceptors (Lipinski definition) is 6. The highest BCUT2D eigenvalue weighted by Crippen LogP contribution is 2.26. The van der Waals surface area contributed by atoms with Crippen molar-refractivity contribution in [1.29, 1.82) is 0 Å². The van der Waals surface area contributed by atoms with Crippen LogP contribution in [0.25, 0.3) is 11.0 Å². The van der Waals surface area contributed by atoms with Crippen LogP contribution < -0.4 is 5.32 Å². The van der Waals surface area contributed by atoms with Gasteiger partial charge in [-0.3, -0.25) is 0 Å². The van der Waals surface area contributed by atoms with E-state index in [4.69, 9.17) is 0 Å². The summed E-state index contributed by atoms with van der Waals surface area (Å²) in [6.07, 6.45) is 1.88. The van der Waals surface area contributed by atoms with E-state index in [1.807, 2.05) is 7.05 Å². The van der Waals surface area contributed by atoms with Crippen molar-refractivity contribution in [2.24, 2.45) is 0 Å². The molecule has 20 heavy (non-hydrogen) atoms. The lowest BCUT2D eigenvalue weighted by Crippen LogP contribution is -2.46. The summed E-state index contributed by atoms with van der Waals surface area (Å²) in [5, 5.41) is 3.16. The monoisotopic (exact) mass is 312 g/mol. The number of aromatic nitrogens is 2. The molecule has 1 aliphatic heterocycles. The van der Waals surface area contributed by atoms with E-state index in [1.165, 1.54) is 0 Å². The summed E-state index contributed by atoms with van der Waals surface area (Å²) >= 11 is 1.04. The second-order valence-corrected chi connectivity index (χ2v) is 7.31. The van der Waals surface area contributed by atoms with Gasteiger partial charge in [0.15, 0.2) is 0 Å². The number of fused-ring (bicyclic) bond motifs is 1. The summed E-state index contributed by atoms with van der Waals surface area (Å²) in [6, 6.07) is 5.33. The van der Waals surface area contributed by atoms with Crippen LogP contribution in [0.2, 0.25) is 0 Å². The van der Waals surface area contributed by atoms with Crippen LogP contribution in [0, 0.1) is 0 Å². The lowest BCUT2D eigenvalue weighted by atomic mass is 10.1. The molecule has 0 saturated carbocycles. The van der Waals surface area contributed by atoms with E-state index in [9.17, 15) is 8.42 Å². The Hall–Kier alpha value is -1.09. The fourth-order valence-electron chi connectivity index (χ4n) is 2.52. The van der Waals surface area contributed by atoms with Crippen LogP contribution in [0.4, 0.5) is 0 Å². The van der Waals surface area contributed by atoms with Gasteiger partial charge in [-0.2, -0.15) is 13.1 Å². The molecular weight excluding hydrogens is 296 g/mol. The molecule has 1 aromatic carbocycles. The Morgan fingerprint density at radius 1 is 1.40 bits per heavy atom. The van der Waals surface area contributed by atoms with Gasteiger partial charge in [-0.1, -0.05) is 6.07 Å². The fraction of sp³-hybridized carbons (Fsp3) is 0.500. The summed E-state index contributed by atoms with van der Waals surface area (Å²) < 4.78 is 35.4. The van der Waals surface area contributed by atoms with Gasteiger partial charge in [0, 0.05) is 19.1 Å². The van der Waals surface area contributed by atoms with Gasteiger partial charge in [-0.05, 0) is 32.0 Å². The molecule has 1 atom stereocenters. The maximum Gasteiger partial charge on any atom is 0.245 e. The molecule has 108 valence electrons. The second kappa shape index (κ2) is 5.36. The van der Waals surface area contributed by atoms with Crippen molar-refractivity contribution in [2.75, 3.05) is 20.1 Å². The van der Waals surface area contributed by atoms with Crippen LogP contribution in [0.1, 0.15) is 12.8 Å². The number of nitrogens with zero attached hydrogens (tertiary/aromatic N) is 3. The minimum absolute atomic E-state index is 0.214. The van der Waals surface area contributed by atoms with Gasteiger partial charge in [-0.15, -0.1) is 0 Å². The summed E-state index contributed by atoms with van der Waals surface area (Å²) in [7, 11) is -1.64. The minimum Gasteiger partial charge on any atom is -0.316 e. The third-order valence-electron chi connectivity index (χ3n) is 3.66. The average Bonchev–Trinajstić information content (AvgIpc) is 2.95. The Morgan fingerprint density at radius 3 is 3.05 bits per heavy atom. The van der Waals surface area contributed by atoms with Crippen LogP contribution >= 0.6 is 11.7 Å². The number of benzene rings is 1. The maximum absolute atomic E-state index is 12.8. The van der Waals surface area contributed by atoms with Gasteiger partial charge >= 0.3 is 0 Å². The van der Waals surface area contributed by atoms with Crippen LogP contribution in [0.5, 0.6) is 0 Å². The molecule has 1 fully saturated rings. The average molecular weight is 312 g/mol. The van der Waals surface area contributed by atoms with Crippen molar-refractivity contribution in [3.8, 4) is 0 Å². The molecule has 0 amide bonds. The van der Waals surface area contributed by atoms with E-state index < -0.39 is 10.0 Å². The molecular formula is C12H16N4O2S2. The summed E-state index contributed by atoms with van der Waals surface area (Å²) in [5.74, 6) is 0. The van der Waals surface area contributed by atoms with E-state index in [0.717, 1.165) is 24.6 Å². The number of sulfonamides is 1. The van der Waals surface area contributed by atoms with Crippen molar-refractivity contribution in [2.45, 2.75) is 23.8 Å². The lowest BCUT2D eigenvalue weighted by molar-refractivity contribution is 0.293.